The van der Waals surface area contributed by atoms with Gasteiger partial charge in [0.15, 0.2) is 0 Å². The first-order valence-corrected chi connectivity index (χ1v) is 10.6. The predicted octanol–water partition coefficient (Wildman–Crippen LogP) is 3.27. The summed E-state index contributed by atoms with van der Waals surface area (Å²) in [5.41, 5.74) is 0.928. The third-order valence-corrected chi connectivity index (χ3v) is 6.31. The molecule has 4 rings (SSSR count). The minimum atomic E-state index is -0.260. The summed E-state index contributed by atoms with van der Waals surface area (Å²) < 4.78 is 2.30. The van der Waals surface area contributed by atoms with Crippen molar-refractivity contribution in [1.82, 2.24) is 19.4 Å². The Kier molecular flexibility index (Phi) is 5.54. The molecule has 5 nitrogen and oxygen atoms in total. The van der Waals surface area contributed by atoms with E-state index in [1.165, 1.54) is 5.56 Å². The number of benzene rings is 1. The van der Waals surface area contributed by atoms with Crippen LogP contribution in [0.1, 0.15) is 49.4 Å². The van der Waals surface area contributed by atoms with Crippen LogP contribution in [-0.2, 0) is 16.8 Å². The Labute approximate surface area is 168 Å². The van der Waals surface area contributed by atoms with Gasteiger partial charge in [-0.15, -0.1) is 0 Å². The van der Waals surface area contributed by atoms with Crippen molar-refractivity contribution in [3.05, 3.63) is 54.1 Å². The monoisotopic (exact) mass is 380 g/mol. The van der Waals surface area contributed by atoms with Crippen LogP contribution in [0.2, 0.25) is 0 Å². The summed E-state index contributed by atoms with van der Waals surface area (Å²) in [6.45, 7) is 3.75. The van der Waals surface area contributed by atoms with Crippen LogP contribution in [0.25, 0.3) is 0 Å². The standard InChI is InChI=1S/C23H32N4O/c1-25(2)14-7-16-26-17-13-24-21(26)19-8-6-15-27(18-19)22(28)23(11-12-23)20-9-4-3-5-10-20/h3-5,9-10,13,17,19H,6-8,11-12,14-16,18H2,1-2H3/t19-/m0/s1. The predicted molar refractivity (Wildman–Crippen MR) is 111 cm³/mol. The maximum Gasteiger partial charge on any atom is 0.233 e. The Bertz CT molecular complexity index is 794. The van der Waals surface area contributed by atoms with E-state index in [9.17, 15) is 4.79 Å². The Hall–Kier alpha value is -2.14. The van der Waals surface area contributed by atoms with Gasteiger partial charge >= 0.3 is 0 Å². The highest BCUT2D eigenvalue weighted by atomic mass is 16.2. The molecule has 0 radical (unpaired) electrons. The Morgan fingerprint density at radius 3 is 2.75 bits per heavy atom. The number of piperidine rings is 1. The molecule has 5 heteroatoms. The number of hydrogen-bond donors (Lipinski definition) is 0. The van der Waals surface area contributed by atoms with E-state index in [-0.39, 0.29) is 5.41 Å². The van der Waals surface area contributed by atoms with Gasteiger partial charge in [-0.2, -0.15) is 0 Å². The van der Waals surface area contributed by atoms with Gasteiger partial charge in [0.05, 0.1) is 5.41 Å². The van der Waals surface area contributed by atoms with Crippen molar-refractivity contribution in [1.29, 1.82) is 0 Å². The van der Waals surface area contributed by atoms with Crippen LogP contribution in [0.15, 0.2) is 42.7 Å². The fourth-order valence-corrected chi connectivity index (χ4v) is 4.61. The molecule has 1 atom stereocenters. The topological polar surface area (TPSA) is 41.4 Å². The van der Waals surface area contributed by atoms with E-state index in [1.807, 2.05) is 24.4 Å². The third kappa shape index (κ3) is 3.86. The number of aromatic nitrogens is 2. The third-order valence-electron chi connectivity index (χ3n) is 6.31. The Morgan fingerprint density at radius 1 is 1.25 bits per heavy atom. The summed E-state index contributed by atoms with van der Waals surface area (Å²) in [7, 11) is 4.22. The largest absolute Gasteiger partial charge is 0.341 e. The number of nitrogens with zero attached hydrogens (tertiary/aromatic N) is 4. The first-order valence-electron chi connectivity index (χ1n) is 10.6. The quantitative estimate of drug-likeness (QED) is 0.740. The highest BCUT2D eigenvalue weighted by Crippen LogP contribution is 2.50. The van der Waals surface area contributed by atoms with Gasteiger partial charge in [-0.05, 0) is 58.3 Å². The van der Waals surface area contributed by atoms with Crippen molar-refractivity contribution in [2.24, 2.45) is 0 Å². The average Bonchev–Trinajstić information content (AvgIpc) is 3.40. The molecule has 1 saturated carbocycles. The van der Waals surface area contributed by atoms with E-state index < -0.39 is 0 Å². The van der Waals surface area contributed by atoms with Gasteiger partial charge in [0.1, 0.15) is 5.82 Å². The number of imidazole rings is 1. The molecule has 28 heavy (non-hydrogen) atoms. The lowest BCUT2D eigenvalue weighted by Crippen LogP contribution is -2.45. The molecule has 2 aromatic rings. The zero-order chi connectivity index (χ0) is 19.6. The number of amides is 1. The number of aryl methyl sites for hydroxylation is 1. The maximum absolute atomic E-state index is 13.4. The van der Waals surface area contributed by atoms with E-state index in [1.54, 1.807) is 0 Å². The lowest BCUT2D eigenvalue weighted by Gasteiger charge is -2.35. The van der Waals surface area contributed by atoms with Crippen molar-refractivity contribution in [2.45, 2.75) is 50.0 Å². The van der Waals surface area contributed by atoms with Crippen LogP contribution >= 0.6 is 0 Å². The molecule has 0 N–H and O–H groups in total. The molecule has 150 valence electrons. The highest BCUT2D eigenvalue weighted by Gasteiger charge is 2.53. The van der Waals surface area contributed by atoms with Gasteiger partial charge in [-0.1, -0.05) is 30.3 Å². The van der Waals surface area contributed by atoms with Crippen LogP contribution in [-0.4, -0.2) is 59.0 Å². The summed E-state index contributed by atoms with van der Waals surface area (Å²) in [5.74, 6) is 1.83. The zero-order valence-electron chi connectivity index (χ0n) is 17.2. The van der Waals surface area contributed by atoms with Gasteiger partial charge < -0.3 is 14.4 Å². The molecule has 2 heterocycles. The summed E-state index contributed by atoms with van der Waals surface area (Å²) >= 11 is 0. The SMILES string of the molecule is CN(C)CCCn1ccnc1[C@H]1CCCN(C(=O)C2(c3ccccc3)CC2)C1. The first kappa shape index (κ1) is 19.2. The van der Waals surface area contributed by atoms with Crippen LogP contribution in [0, 0.1) is 0 Å². The molecule has 0 unspecified atom stereocenters. The molecule has 1 amide bonds. The van der Waals surface area contributed by atoms with Crippen molar-refractivity contribution in [3.63, 3.8) is 0 Å². The van der Waals surface area contributed by atoms with E-state index in [4.69, 9.17) is 0 Å². The molecule has 0 bridgehead atoms. The van der Waals surface area contributed by atoms with Crippen LogP contribution < -0.4 is 0 Å². The molecule has 1 aromatic heterocycles. The number of carbonyl (C=O) groups is 1. The number of rotatable bonds is 7. The van der Waals surface area contributed by atoms with Crippen molar-refractivity contribution < 1.29 is 4.79 Å². The fourth-order valence-electron chi connectivity index (χ4n) is 4.61. The number of hydrogen-bond acceptors (Lipinski definition) is 3. The smallest absolute Gasteiger partial charge is 0.233 e. The molecule has 1 saturated heterocycles. The fraction of sp³-hybridized carbons (Fsp3) is 0.565. The van der Waals surface area contributed by atoms with E-state index in [0.29, 0.717) is 11.8 Å². The van der Waals surface area contributed by atoms with Crippen molar-refractivity contribution in [3.8, 4) is 0 Å². The summed E-state index contributed by atoms with van der Waals surface area (Å²) in [4.78, 5) is 22.4. The lowest BCUT2D eigenvalue weighted by atomic mass is 9.91. The summed E-state index contributed by atoms with van der Waals surface area (Å²) in [6, 6.07) is 10.4. The highest BCUT2D eigenvalue weighted by molar-refractivity contribution is 5.91. The number of likely N-dealkylation sites (tertiary alicyclic amines) is 1. The van der Waals surface area contributed by atoms with Crippen molar-refractivity contribution in [2.75, 3.05) is 33.7 Å². The summed E-state index contributed by atoms with van der Waals surface area (Å²) in [5, 5.41) is 0. The molecule has 2 aliphatic rings. The molecule has 2 fully saturated rings. The molecule has 0 spiro atoms. The molecule has 1 aliphatic heterocycles. The molecule has 1 aromatic carbocycles. The van der Waals surface area contributed by atoms with Gasteiger partial charge in [0.25, 0.3) is 0 Å². The number of carbonyl (C=O) groups excluding carboxylic acids is 1. The second-order valence-corrected chi connectivity index (χ2v) is 8.67. The van der Waals surface area contributed by atoms with Gasteiger partial charge in [0.2, 0.25) is 5.91 Å². The molecule has 1 aliphatic carbocycles. The van der Waals surface area contributed by atoms with E-state index >= 15 is 0 Å². The second-order valence-electron chi connectivity index (χ2n) is 8.67. The molecular formula is C23H32N4O. The Morgan fingerprint density at radius 2 is 2.04 bits per heavy atom. The lowest BCUT2D eigenvalue weighted by molar-refractivity contribution is -0.135. The zero-order valence-corrected chi connectivity index (χ0v) is 17.2. The van der Waals surface area contributed by atoms with Crippen molar-refractivity contribution >= 4 is 5.91 Å². The minimum absolute atomic E-state index is 0.260. The van der Waals surface area contributed by atoms with Gasteiger partial charge in [-0.25, -0.2) is 4.98 Å². The first-order chi connectivity index (χ1) is 13.6. The summed E-state index contributed by atoms with van der Waals surface area (Å²) in [6.07, 6.45) is 9.27. The van der Waals surface area contributed by atoms with Crippen LogP contribution in [0.5, 0.6) is 0 Å². The second kappa shape index (κ2) is 8.08. The normalized spacial score (nSPS) is 21.1. The van der Waals surface area contributed by atoms with Crippen LogP contribution in [0.3, 0.4) is 0 Å². The molecular weight excluding hydrogens is 348 g/mol. The maximum atomic E-state index is 13.4. The van der Waals surface area contributed by atoms with E-state index in [2.05, 4.69) is 51.8 Å². The van der Waals surface area contributed by atoms with Crippen LogP contribution in [0.4, 0.5) is 0 Å². The van der Waals surface area contributed by atoms with Gasteiger partial charge in [0, 0.05) is 37.9 Å². The Balaban J connectivity index is 1.44. The van der Waals surface area contributed by atoms with E-state index in [0.717, 1.165) is 64.1 Å². The minimum Gasteiger partial charge on any atom is -0.341 e. The van der Waals surface area contributed by atoms with Gasteiger partial charge in [-0.3, -0.25) is 4.79 Å². The average molecular weight is 381 g/mol.